The van der Waals surface area contributed by atoms with Crippen LogP contribution in [0, 0.1) is 6.92 Å². The number of fused-ring (bicyclic) bond motifs is 1. The lowest BCUT2D eigenvalue weighted by Crippen LogP contribution is -2.41. The summed E-state index contributed by atoms with van der Waals surface area (Å²) in [6, 6.07) is 23.4. The molecule has 0 radical (unpaired) electrons. The van der Waals surface area contributed by atoms with Crippen molar-refractivity contribution < 1.29 is 9.31 Å². The van der Waals surface area contributed by atoms with Gasteiger partial charge in [-0.2, -0.15) is 0 Å². The summed E-state index contributed by atoms with van der Waals surface area (Å²) in [7, 11) is -0.445. The van der Waals surface area contributed by atoms with E-state index in [1.807, 2.05) is 18.5 Å². The number of pyridine rings is 1. The SMILES string of the molecule is Cc1ccc(-c2ccc(B3OC(C)(C)C(C)(C)O3)c3c(-c4ccccc4)cncc23)cc1. The zero-order valence-corrected chi connectivity index (χ0v) is 19.3. The highest BCUT2D eigenvalue weighted by molar-refractivity contribution is 6.65. The average molecular weight is 421 g/mol. The Kier molecular flexibility index (Phi) is 4.96. The van der Waals surface area contributed by atoms with Gasteiger partial charge in [0.25, 0.3) is 0 Å². The molecule has 160 valence electrons. The standard InChI is InChI=1S/C28H28BNO2/c1-19-11-13-21(14-12-19)22-15-16-25(29-31-27(2,3)28(4,5)32-29)26-23(17-30-18-24(22)26)20-9-7-6-8-10-20/h6-18H,1-5H3. The molecule has 0 unspecified atom stereocenters. The van der Waals surface area contributed by atoms with Crippen molar-refractivity contribution in [2.75, 3.05) is 0 Å². The molecule has 4 aromatic rings. The molecule has 5 rings (SSSR count). The van der Waals surface area contributed by atoms with E-state index in [2.05, 4.69) is 100 Å². The molecule has 3 nitrogen and oxygen atoms in total. The van der Waals surface area contributed by atoms with E-state index in [-0.39, 0.29) is 0 Å². The van der Waals surface area contributed by atoms with Gasteiger partial charge in [-0.1, -0.05) is 72.3 Å². The molecule has 2 heterocycles. The number of rotatable bonds is 3. The van der Waals surface area contributed by atoms with Crippen LogP contribution < -0.4 is 5.46 Å². The predicted molar refractivity (Wildman–Crippen MR) is 133 cm³/mol. The first-order valence-corrected chi connectivity index (χ1v) is 11.2. The van der Waals surface area contributed by atoms with Crippen LogP contribution in [0.25, 0.3) is 33.0 Å². The molecular weight excluding hydrogens is 393 g/mol. The van der Waals surface area contributed by atoms with Gasteiger partial charge in [0.1, 0.15) is 0 Å². The highest BCUT2D eigenvalue weighted by atomic mass is 16.7. The van der Waals surface area contributed by atoms with E-state index < -0.39 is 18.3 Å². The molecule has 0 amide bonds. The van der Waals surface area contributed by atoms with Crippen LogP contribution in [0.15, 0.2) is 79.1 Å². The third-order valence-corrected chi connectivity index (χ3v) is 6.91. The minimum atomic E-state index is -0.445. The van der Waals surface area contributed by atoms with Crippen LogP contribution in [-0.2, 0) is 9.31 Å². The first kappa shape index (κ1) is 20.9. The van der Waals surface area contributed by atoms with E-state index >= 15 is 0 Å². The molecule has 0 N–H and O–H groups in total. The maximum Gasteiger partial charge on any atom is 0.495 e. The third kappa shape index (κ3) is 3.44. The van der Waals surface area contributed by atoms with Crippen molar-refractivity contribution in [1.29, 1.82) is 0 Å². The highest BCUT2D eigenvalue weighted by Gasteiger charge is 2.52. The van der Waals surface area contributed by atoms with E-state index in [0.717, 1.165) is 32.9 Å². The Morgan fingerprint density at radius 2 is 1.31 bits per heavy atom. The Labute approximate surface area is 190 Å². The topological polar surface area (TPSA) is 31.4 Å². The van der Waals surface area contributed by atoms with Gasteiger partial charge in [0.15, 0.2) is 0 Å². The molecule has 4 heteroatoms. The molecule has 0 spiro atoms. The molecule has 1 fully saturated rings. The average Bonchev–Trinajstić information content (AvgIpc) is 3.00. The van der Waals surface area contributed by atoms with Gasteiger partial charge in [-0.15, -0.1) is 0 Å². The molecule has 1 saturated heterocycles. The van der Waals surface area contributed by atoms with Crippen molar-refractivity contribution in [1.82, 2.24) is 4.98 Å². The minimum absolute atomic E-state index is 0.403. The maximum absolute atomic E-state index is 6.47. The molecule has 1 aromatic heterocycles. The fourth-order valence-corrected chi connectivity index (χ4v) is 4.31. The zero-order valence-electron chi connectivity index (χ0n) is 19.3. The minimum Gasteiger partial charge on any atom is -0.399 e. The number of hydrogen-bond donors (Lipinski definition) is 0. The first-order valence-electron chi connectivity index (χ1n) is 11.2. The molecule has 3 aromatic carbocycles. The molecule has 1 aliphatic rings. The van der Waals surface area contributed by atoms with Crippen LogP contribution in [0.3, 0.4) is 0 Å². The smallest absolute Gasteiger partial charge is 0.399 e. The van der Waals surface area contributed by atoms with E-state index in [0.29, 0.717) is 0 Å². The van der Waals surface area contributed by atoms with Crippen molar-refractivity contribution in [3.05, 3.63) is 84.7 Å². The van der Waals surface area contributed by atoms with E-state index in [1.165, 1.54) is 11.1 Å². The summed E-state index contributed by atoms with van der Waals surface area (Å²) < 4.78 is 12.9. The fourth-order valence-electron chi connectivity index (χ4n) is 4.31. The molecule has 0 bridgehead atoms. The third-order valence-electron chi connectivity index (χ3n) is 6.91. The molecule has 0 atom stereocenters. The van der Waals surface area contributed by atoms with Gasteiger partial charge >= 0.3 is 7.12 Å². The van der Waals surface area contributed by atoms with Gasteiger partial charge in [-0.05, 0) is 62.2 Å². The van der Waals surface area contributed by atoms with Gasteiger partial charge < -0.3 is 9.31 Å². The summed E-state index contributed by atoms with van der Waals surface area (Å²) >= 11 is 0. The Balaban J connectivity index is 1.78. The van der Waals surface area contributed by atoms with Crippen molar-refractivity contribution in [2.45, 2.75) is 45.8 Å². The largest absolute Gasteiger partial charge is 0.495 e. The molecule has 0 saturated carbocycles. The molecule has 1 aliphatic heterocycles. The van der Waals surface area contributed by atoms with Crippen molar-refractivity contribution in [3.63, 3.8) is 0 Å². The summed E-state index contributed by atoms with van der Waals surface area (Å²) in [6.45, 7) is 10.5. The van der Waals surface area contributed by atoms with E-state index in [9.17, 15) is 0 Å². The summed E-state index contributed by atoms with van der Waals surface area (Å²) in [5, 5.41) is 2.23. The van der Waals surface area contributed by atoms with Crippen LogP contribution in [0.4, 0.5) is 0 Å². The predicted octanol–water partition coefficient (Wildman–Crippen LogP) is 6.18. The number of benzene rings is 3. The molecule has 0 aliphatic carbocycles. The number of nitrogens with zero attached hydrogens (tertiary/aromatic N) is 1. The van der Waals surface area contributed by atoms with E-state index in [4.69, 9.17) is 9.31 Å². The summed E-state index contributed by atoms with van der Waals surface area (Å²) in [5.41, 5.74) is 6.02. The lowest BCUT2D eigenvalue weighted by Gasteiger charge is -2.32. The zero-order chi connectivity index (χ0) is 22.5. The lowest BCUT2D eigenvalue weighted by atomic mass is 9.73. The number of aryl methyl sites for hydroxylation is 1. The summed E-state index contributed by atoms with van der Waals surface area (Å²) in [6.07, 6.45) is 3.91. The normalized spacial score (nSPS) is 17.1. The van der Waals surface area contributed by atoms with Crippen molar-refractivity contribution in [3.8, 4) is 22.3 Å². The highest BCUT2D eigenvalue weighted by Crippen LogP contribution is 2.39. The Bertz CT molecular complexity index is 1260. The quantitative estimate of drug-likeness (QED) is 0.371. The van der Waals surface area contributed by atoms with Crippen LogP contribution in [0.2, 0.25) is 0 Å². The summed E-state index contributed by atoms with van der Waals surface area (Å²) in [4.78, 5) is 4.64. The second-order valence-electron chi connectivity index (χ2n) is 9.63. The maximum atomic E-state index is 6.47. The van der Waals surface area contributed by atoms with Gasteiger partial charge in [0, 0.05) is 23.3 Å². The van der Waals surface area contributed by atoms with Crippen LogP contribution >= 0.6 is 0 Å². The molecular formula is C28H28BNO2. The Morgan fingerprint density at radius 3 is 1.97 bits per heavy atom. The molecule has 32 heavy (non-hydrogen) atoms. The van der Waals surface area contributed by atoms with Gasteiger partial charge in [-0.25, -0.2) is 0 Å². The first-order chi connectivity index (χ1) is 15.3. The van der Waals surface area contributed by atoms with Gasteiger partial charge in [0.2, 0.25) is 0 Å². The number of hydrogen-bond acceptors (Lipinski definition) is 3. The monoisotopic (exact) mass is 421 g/mol. The Morgan fingerprint density at radius 1 is 0.688 bits per heavy atom. The van der Waals surface area contributed by atoms with E-state index in [1.54, 1.807) is 0 Å². The second kappa shape index (κ2) is 7.58. The fraction of sp³-hybridized carbons (Fsp3) is 0.250. The van der Waals surface area contributed by atoms with Crippen LogP contribution in [0.1, 0.15) is 33.3 Å². The van der Waals surface area contributed by atoms with Gasteiger partial charge in [0.05, 0.1) is 11.2 Å². The van der Waals surface area contributed by atoms with Crippen molar-refractivity contribution in [2.24, 2.45) is 0 Å². The van der Waals surface area contributed by atoms with Crippen molar-refractivity contribution >= 4 is 23.4 Å². The Hall–Kier alpha value is -2.95. The summed E-state index contributed by atoms with van der Waals surface area (Å²) in [5.74, 6) is 0. The lowest BCUT2D eigenvalue weighted by molar-refractivity contribution is 0.00578. The van der Waals surface area contributed by atoms with Gasteiger partial charge in [-0.3, -0.25) is 4.98 Å². The number of aromatic nitrogens is 1. The second-order valence-corrected chi connectivity index (χ2v) is 9.63. The van der Waals surface area contributed by atoms with Crippen LogP contribution in [0.5, 0.6) is 0 Å². The van der Waals surface area contributed by atoms with Crippen LogP contribution in [-0.4, -0.2) is 23.3 Å².